The molecule has 1 N–H and O–H groups in total. The molecular formula is C20H14ClF3N2O. The van der Waals surface area contributed by atoms with Crippen LogP contribution in [0.2, 0.25) is 5.02 Å². The van der Waals surface area contributed by atoms with Gasteiger partial charge in [0.05, 0.1) is 0 Å². The predicted octanol–water partition coefficient (Wildman–Crippen LogP) is 4.90. The molecule has 1 atom stereocenters. The van der Waals surface area contributed by atoms with Gasteiger partial charge in [-0.25, -0.2) is 0 Å². The number of halogens is 4. The van der Waals surface area contributed by atoms with Crippen LogP contribution in [0.25, 0.3) is 5.57 Å². The largest absolute Gasteiger partial charge is 0.416 e. The van der Waals surface area contributed by atoms with Crippen LogP contribution >= 0.6 is 11.6 Å². The molecule has 138 valence electrons. The van der Waals surface area contributed by atoms with Gasteiger partial charge in [-0.2, -0.15) is 18.4 Å². The van der Waals surface area contributed by atoms with Crippen LogP contribution in [-0.2, 0) is 10.3 Å². The Kier molecular flexibility index (Phi) is 4.75. The Labute approximate surface area is 159 Å². The van der Waals surface area contributed by atoms with Gasteiger partial charge in [0.1, 0.15) is 11.6 Å². The molecule has 2 aromatic carbocycles. The highest BCUT2D eigenvalue weighted by Gasteiger charge is 2.59. The first-order valence-corrected chi connectivity index (χ1v) is 8.41. The van der Waals surface area contributed by atoms with E-state index >= 15 is 0 Å². The van der Waals surface area contributed by atoms with Crippen LogP contribution in [0.5, 0.6) is 0 Å². The summed E-state index contributed by atoms with van der Waals surface area (Å²) in [6, 6.07) is 13.6. The van der Waals surface area contributed by atoms with E-state index in [1.54, 1.807) is 30.3 Å². The molecule has 1 unspecified atom stereocenters. The number of rotatable bonds is 2. The minimum absolute atomic E-state index is 0.0634. The molecule has 0 radical (unpaired) electrons. The lowest BCUT2D eigenvalue weighted by Gasteiger charge is -2.40. The Morgan fingerprint density at radius 1 is 1.11 bits per heavy atom. The third-order valence-electron chi connectivity index (χ3n) is 4.63. The van der Waals surface area contributed by atoms with E-state index in [1.807, 2.05) is 12.2 Å². The van der Waals surface area contributed by atoms with Gasteiger partial charge < -0.3 is 5.32 Å². The fourth-order valence-corrected chi connectivity index (χ4v) is 3.28. The van der Waals surface area contributed by atoms with Gasteiger partial charge in [0.15, 0.2) is 5.54 Å². The van der Waals surface area contributed by atoms with Gasteiger partial charge in [-0.05, 0) is 35.8 Å². The maximum absolute atomic E-state index is 14.2. The van der Waals surface area contributed by atoms with Crippen molar-refractivity contribution < 1.29 is 18.0 Å². The quantitative estimate of drug-likeness (QED) is 0.792. The topological polar surface area (TPSA) is 52.9 Å². The van der Waals surface area contributed by atoms with E-state index < -0.39 is 24.0 Å². The summed E-state index contributed by atoms with van der Waals surface area (Å²) in [6.45, 7) is 1.84. The molecule has 0 fully saturated rings. The van der Waals surface area contributed by atoms with Crippen LogP contribution in [-0.4, -0.2) is 12.1 Å². The monoisotopic (exact) mass is 390 g/mol. The molecule has 1 aliphatic rings. The molecule has 0 saturated heterocycles. The van der Waals surface area contributed by atoms with Crippen molar-refractivity contribution in [3.05, 3.63) is 75.8 Å². The van der Waals surface area contributed by atoms with Crippen LogP contribution in [0, 0.1) is 18.3 Å². The molecule has 0 bridgehead atoms. The normalized spacial score (nSPS) is 20.2. The zero-order chi connectivity index (χ0) is 19.8. The van der Waals surface area contributed by atoms with E-state index in [1.165, 1.54) is 24.3 Å². The molecule has 0 saturated carbocycles. The number of nitriles is 1. The van der Waals surface area contributed by atoms with Crippen molar-refractivity contribution in [2.75, 3.05) is 0 Å². The molecule has 1 aliphatic heterocycles. The Balaban J connectivity index is 2.22. The predicted molar refractivity (Wildman–Crippen MR) is 95.7 cm³/mol. The number of carbonyl (C=O) groups is 1. The number of nitrogens with one attached hydrogen (secondary N) is 1. The summed E-state index contributed by atoms with van der Waals surface area (Å²) in [5, 5.41) is 11.7. The summed E-state index contributed by atoms with van der Waals surface area (Å²) in [5.41, 5.74) is -1.71. The summed E-state index contributed by atoms with van der Waals surface area (Å²) < 4.78 is 42.6. The molecular weight excluding hydrogens is 377 g/mol. The number of carbonyl (C=O) groups excluding carboxylic acids is 1. The lowest BCUT2D eigenvalue weighted by atomic mass is 9.76. The summed E-state index contributed by atoms with van der Waals surface area (Å²) in [5.74, 6) is -1.05. The third kappa shape index (κ3) is 3.31. The first-order chi connectivity index (χ1) is 12.7. The highest BCUT2D eigenvalue weighted by molar-refractivity contribution is 6.30. The minimum Gasteiger partial charge on any atom is -0.333 e. The number of alkyl halides is 3. The molecule has 3 nitrogen and oxygen atoms in total. The van der Waals surface area contributed by atoms with E-state index in [2.05, 4.69) is 0 Å². The second-order valence-corrected chi connectivity index (χ2v) is 6.81. The van der Waals surface area contributed by atoms with E-state index in [9.17, 15) is 23.2 Å². The average Bonchev–Trinajstić information content (AvgIpc) is 2.61. The number of aryl methyl sites for hydroxylation is 1. The Bertz CT molecular complexity index is 957. The fraction of sp³-hybridized carbons (Fsp3) is 0.200. The number of nitrogens with zero attached hydrogens (tertiary/aromatic N) is 1. The van der Waals surface area contributed by atoms with Gasteiger partial charge in [-0.15, -0.1) is 0 Å². The lowest BCUT2D eigenvalue weighted by molar-refractivity contribution is -0.201. The molecule has 2 aromatic rings. The van der Waals surface area contributed by atoms with E-state index in [0.29, 0.717) is 5.56 Å². The van der Waals surface area contributed by atoms with Crippen LogP contribution in [0.4, 0.5) is 13.2 Å². The molecule has 0 aliphatic carbocycles. The van der Waals surface area contributed by atoms with Gasteiger partial charge in [0, 0.05) is 11.4 Å². The van der Waals surface area contributed by atoms with Crippen LogP contribution in [0.15, 0.2) is 54.1 Å². The second kappa shape index (κ2) is 6.75. The number of hydrogen-bond donors (Lipinski definition) is 1. The maximum Gasteiger partial charge on any atom is 0.416 e. The third-order valence-corrected chi connectivity index (χ3v) is 4.88. The van der Waals surface area contributed by atoms with Crippen molar-refractivity contribution in [1.29, 1.82) is 5.26 Å². The van der Waals surface area contributed by atoms with Crippen molar-refractivity contribution in [2.45, 2.75) is 25.1 Å². The Hall–Kier alpha value is -2.78. The molecule has 7 heteroatoms. The summed E-state index contributed by atoms with van der Waals surface area (Å²) in [4.78, 5) is 12.5. The average molecular weight is 391 g/mol. The first-order valence-electron chi connectivity index (χ1n) is 8.03. The smallest absolute Gasteiger partial charge is 0.333 e. The zero-order valence-electron chi connectivity index (χ0n) is 14.2. The van der Waals surface area contributed by atoms with Gasteiger partial charge in [-0.1, -0.05) is 53.6 Å². The number of hydrogen-bond acceptors (Lipinski definition) is 2. The number of amides is 1. The van der Waals surface area contributed by atoms with E-state index in [4.69, 9.17) is 11.6 Å². The van der Waals surface area contributed by atoms with Crippen LogP contribution in [0.3, 0.4) is 0 Å². The van der Waals surface area contributed by atoms with Gasteiger partial charge in [-0.3, -0.25) is 4.79 Å². The Morgan fingerprint density at radius 3 is 2.22 bits per heavy atom. The van der Waals surface area contributed by atoms with Crippen molar-refractivity contribution in [3.63, 3.8) is 0 Å². The molecule has 0 spiro atoms. The summed E-state index contributed by atoms with van der Waals surface area (Å²) in [7, 11) is 0. The van der Waals surface area contributed by atoms with Crippen molar-refractivity contribution in [1.82, 2.24) is 5.32 Å². The summed E-state index contributed by atoms with van der Waals surface area (Å²) in [6.07, 6.45) is -5.37. The van der Waals surface area contributed by atoms with Gasteiger partial charge >= 0.3 is 6.18 Å². The lowest BCUT2D eigenvalue weighted by Crippen LogP contribution is -2.58. The highest BCUT2D eigenvalue weighted by Crippen LogP contribution is 2.48. The zero-order valence-corrected chi connectivity index (χ0v) is 14.9. The van der Waals surface area contributed by atoms with Crippen molar-refractivity contribution in [2.24, 2.45) is 0 Å². The summed E-state index contributed by atoms with van der Waals surface area (Å²) >= 11 is 5.80. The molecule has 0 aromatic heterocycles. The second-order valence-electron chi connectivity index (χ2n) is 6.37. The van der Waals surface area contributed by atoms with Gasteiger partial charge in [0.25, 0.3) is 5.91 Å². The maximum atomic E-state index is 14.2. The van der Waals surface area contributed by atoms with Crippen LogP contribution in [0.1, 0.15) is 23.1 Å². The van der Waals surface area contributed by atoms with Crippen LogP contribution < -0.4 is 5.32 Å². The molecule has 1 amide bonds. The van der Waals surface area contributed by atoms with Crippen molar-refractivity contribution >= 4 is 23.1 Å². The molecule has 27 heavy (non-hydrogen) atoms. The van der Waals surface area contributed by atoms with E-state index in [-0.39, 0.29) is 21.7 Å². The Morgan fingerprint density at radius 2 is 1.70 bits per heavy atom. The van der Waals surface area contributed by atoms with Gasteiger partial charge in [0.2, 0.25) is 0 Å². The van der Waals surface area contributed by atoms with E-state index in [0.717, 1.165) is 5.56 Å². The molecule has 3 rings (SSSR count). The minimum atomic E-state index is -4.78. The van der Waals surface area contributed by atoms with Crippen molar-refractivity contribution in [3.8, 4) is 6.07 Å². The first kappa shape index (κ1) is 19.0. The molecule has 1 heterocycles. The highest BCUT2D eigenvalue weighted by atomic mass is 35.5. The number of benzene rings is 2. The standard InChI is InChI=1S/C20H14ClF3N2O/c1-12-2-4-13(5-3-12)16-10-19(20(22,23)24,26-18(27)17(16)11-25)14-6-8-15(21)9-7-14/h2-9H,10H2,1H3,(H,26,27). The SMILES string of the molecule is Cc1ccc(C2=C(C#N)C(=O)NC(c3ccc(Cl)cc3)(C(F)(F)F)C2)cc1. The fourth-order valence-electron chi connectivity index (χ4n) is 3.15.